The Morgan fingerprint density at radius 3 is 3.08 bits per heavy atom. The second kappa shape index (κ2) is 2.97. The lowest BCUT2D eigenvalue weighted by atomic mass is 10.1. The van der Waals surface area contributed by atoms with Gasteiger partial charge in [-0.1, -0.05) is 30.3 Å². The Kier molecular flexibility index (Phi) is 1.82. The normalized spacial score (nSPS) is 14.6. The Morgan fingerprint density at radius 2 is 2.25 bits per heavy atom. The summed E-state index contributed by atoms with van der Waals surface area (Å²) in [6.45, 7) is 2.09. The summed E-state index contributed by atoms with van der Waals surface area (Å²) in [5.41, 5.74) is 2.36. The molecule has 2 rings (SSSR count). The van der Waals surface area contributed by atoms with Crippen LogP contribution in [0.4, 0.5) is 0 Å². The van der Waals surface area contributed by atoms with Crippen molar-refractivity contribution in [1.29, 1.82) is 0 Å². The van der Waals surface area contributed by atoms with E-state index < -0.39 is 0 Å². The van der Waals surface area contributed by atoms with Crippen LogP contribution in [0.15, 0.2) is 29.4 Å². The van der Waals surface area contributed by atoms with Crippen LogP contribution in [0.25, 0.3) is 0 Å². The van der Waals surface area contributed by atoms with Gasteiger partial charge in [-0.25, -0.2) is 0 Å². The van der Waals surface area contributed by atoms with Crippen LogP contribution < -0.4 is 4.84 Å². The van der Waals surface area contributed by atoms with Crippen molar-refractivity contribution in [3.63, 3.8) is 0 Å². The minimum Gasteiger partial charge on any atom is -0.357 e. The summed E-state index contributed by atoms with van der Waals surface area (Å²) in [4.78, 5) is 5.21. The molecular formula is C10H11NO. The maximum atomic E-state index is 5.21. The molecule has 0 bridgehead atoms. The number of oxime groups is 1. The summed E-state index contributed by atoms with van der Waals surface area (Å²) in [6.07, 6.45) is 1.90. The van der Waals surface area contributed by atoms with Crippen LogP contribution >= 0.6 is 0 Å². The van der Waals surface area contributed by atoms with Crippen LogP contribution in [-0.2, 0) is 6.42 Å². The second-order valence-electron chi connectivity index (χ2n) is 2.89. The van der Waals surface area contributed by atoms with Gasteiger partial charge in [0.1, 0.15) is 0 Å². The molecule has 12 heavy (non-hydrogen) atoms. The molecule has 1 aromatic rings. The molecule has 0 amide bonds. The van der Waals surface area contributed by atoms with Crippen LogP contribution in [0.5, 0.6) is 5.75 Å². The van der Waals surface area contributed by atoms with Gasteiger partial charge < -0.3 is 4.84 Å². The van der Waals surface area contributed by atoms with E-state index in [9.17, 15) is 0 Å². The van der Waals surface area contributed by atoms with Crippen molar-refractivity contribution in [1.82, 2.24) is 0 Å². The molecule has 0 spiro atoms. The summed E-state index contributed by atoms with van der Waals surface area (Å²) < 4.78 is 0. The summed E-state index contributed by atoms with van der Waals surface area (Å²) in [5.74, 6) is 0.898. The van der Waals surface area contributed by atoms with E-state index in [4.69, 9.17) is 4.84 Å². The van der Waals surface area contributed by atoms with Gasteiger partial charge in [0, 0.05) is 12.0 Å². The van der Waals surface area contributed by atoms with Crippen LogP contribution in [-0.4, -0.2) is 5.71 Å². The number of hydrogen-bond acceptors (Lipinski definition) is 2. The van der Waals surface area contributed by atoms with Gasteiger partial charge in [-0.05, 0) is 12.5 Å². The molecule has 0 radical (unpaired) electrons. The number of nitrogens with zero attached hydrogens (tertiary/aromatic N) is 1. The van der Waals surface area contributed by atoms with Gasteiger partial charge >= 0.3 is 0 Å². The van der Waals surface area contributed by atoms with Gasteiger partial charge in [0.05, 0.1) is 5.71 Å². The number of fused-ring (bicyclic) bond motifs is 1. The number of rotatable bonds is 1. The molecule has 0 fully saturated rings. The molecule has 0 atom stereocenters. The molecule has 0 aliphatic carbocycles. The zero-order chi connectivity index (χ0) is 8.39. The Hall–Kier alpha value is -1.31. The van der Waals surface area contributed by atoms with Gasteiger partial charge in [-0.15, -0.1) is 0 Å². The van der Waals surface area contributed by atoms with E-state index in [0.717, 1.165) is 24.3 Å². The highest BCUT2D eigenvalue weighted by molar-refractivity contribution is 5.87. The number of para-hydroxylation sites is 1. The van der Waals surface area contributed by atoms with Gasteiger partial charge in [0.25, 0.3) is 0 Å². The summed E-state index contributed by atoms with van der Waals surface area (Å²) >= 11 is 0. The number of hydrogen-bond donors (Lipinski definition) is 0. The van der Waals surface area contributed by atoms with Crippen molar-refractivity contribution in [3.05, 3.63) is 29.8 Å². The third-order valence-corrected chi connectivity index (χ3v) is 2.05. The molecule has 0 unspecified atom stereocenters. The zero-order valence-corrected chi connectivity index (χ0v) is 7.08. The molecule has 1 aromatic carbocycles. The van der Waals surface area contributed by atoms with Crippen molar-refractivity contribution >= 4 is 5.71 Å². The highest BCUT2D eigenvalue weighted by Crippen LogP contribution is 2.23. The minimum absolute atomic E-state index is 0.898. The predicted octanol–water partition coefficient (Wildman–Crippen LogP) is 2.39. The van der Waals surface area contributed by atoms with E-state index in [0.29, 0.717) is 0 Å². The Morgan fingerprint density at radius 1 is 1.42 bits per heavy atom. The third kappa shape index (κ3) is 1.20. The van der Waals surface area contributed by atoms with Crippen LogP contribution in [0.1, 0.15) is 18.9 Å². The van der Waals surface area contributed by atoms with E-state index >= 15 is 0 Å². The topological polar surface area (TPSA) is 21.6 Å². The highest BCUT2D eigenvalue weighted by atomic mass is 16.6. The fourth-order valence-electron chi connectivity index (χ4n) is 1.29. The van der Waals surface area contributed by atoms with Crippen LogP contribution in [0.3, 0.4) is 0 Å². The molecule has 1 heterocycles. The molecule has 2 nitrogen and oxygen atoms in total. The fourth-order valence-corrected chi connectivity index (χ4v) is 1.29. The lowest BCUT2D eigenvalue weighted by molar-refractivity contribution is 0.329. The maximum absolute atomic E-state index is 5.21. The average molecular weight is 161 g/mol. The molecular weight excluding hydrogens is 150 g/mol. The first kappa shape index (κ1) is 7.35. The molecule has 1 aliphatic rings. The van der Waals surface area contributed by atoms with Gasteiger partial charge in [-0.2, -0.15) is 0 Å². The molecule has 0 saturated carbocycles. The monoisotopic (exact) mass is 161 g/mol. The SMILES string of the molecule is CCC1=NOc2ccccc2C1. The van der Waals surface area contributed by atoms with E-state index in [2.05, 4.69) is 18.1 Å². The predicted molar refractivity (Wildman–Crippen MR) is 48.5 cm³/mol. The van der Waals surface area contributed by atoms with E-state index in [-0.39, 0.29) is 0 Å². The smallest absolute Gasteiger partial charge is 0.161 e. The van der Waals surface area contributed by atoms with Crippen LogP contribution in [0.2, 0.25) is 0 Å². The minimum atomic E-state index is 0.898. The second-order valence-corrected chi connectivity index (χ2v) is 2.89. The van der Waals surface area contributed by atoms with Crippen molar-refractivity contribution in [2.24, 2.45) is 5.16 Å². The molecule has 0 saturated heterocycles. The Labute approximate surface area is 71.8 Å². The summed E-state index contributed by atoms with van der Waals surface area (Å²) in [7, 11) is 0. The number of benzene rings is 1. The first-order valence-corrected chi connectivity index (χ1v) is 4.21. The molecule has 1 aliphatic heterocycles. The quantitative estimate of drug-likeness (QED) is 0.619. The first-order chi connectivity index (χ1) is 5.90. The van der Waals surface area contributed by atoms with Gasteiger partial charge in [0.15, 0.2) is 5.75 Å². The highest BCUT2D eigenvalue weighted by Gasteiger charge is 2.11. The molecule has 0 aromatic heterocycles. The van der Waals surface area contributed by atoms with Crippen molar-refractivity contribution in [2.45, 2.75) is 19.8 Å². The zero-order valence-electron chi connectivity index (χ0n) is 7.08. The summed E-state index contributed by atoms with van der Waals surface area (Å²) in [6, 6.07) is 8.02. The molecule has 62 valence electrons. The summed E-state index contributed by atoms with van der Waals surface area (Å²) in [5, 5.41) is 4.01. The average Bonchev–Trinajstić information content (AvgIpc) is 2.17. The van der Waals surface area contributed by atoms with Crippen molar-refractivity contribution < 1.29 is 4.84 Å². The largest absolute Gasteiger partial charge is 0.357 e. The lowest BCUT2D eigenvalue weighted by Crippen LogP contribution is -2.10. The van der Waals surface area contributed by atoms with E-state index in [1.165, 1.54) is 5.56 Å². The Balaban J connectivity index is 2.31. The third-order valence-electron chi connectivity index (χ3n) is 2.05. The first-order valence-electron chi connectivity index (χ1n) is 4.21. The fraction of sp³-hybridized carbons (Fsp3) is 0.300. The standard InChI is InChI=1S/C10H11NO/c1-2-9-7-8-5-3-4-6-10(8)12-11-9/h3-6H,2,7H2,1H3. The van der Waals surface area contributed by atoms with Gasteiger partial charge in [0.2, 0.25) is 0 Å². The van der Waals surface area contributed by atoms with Gasteiger partial charge in [-0.3, -0.25) is 0 Å². The molecule has 0 N–H and O–H groups in total. The Bertz CT molecular complexity index is 317. The van der Waals surface area contributed by atoms with Crippen LogP contribution in [0, 0.1) is 0 Å². The van der Waals surface area contributed by atoms with Crippen molar-refractivity contribution in [2.75, 3.05) is 0 Å². The van der Waals surface area contributed by atoms with E-state index in [1.807, 2.05) is 18.2 Å². The molecule has 2 heteroatoms. The van der Waals surface area contributed by atoms with E-state index in [1.54, 1.807) is 0 Å². The lowest BCUT2D eigenvalue weighted by Gasteiger charge is -2.13. The van der Waals surface area contributed by atoms with Crippen molar-refractivity contribution in [3.8, 4) is 5.75 Å². The maximum Gasteiger partial charge on any atom is 0.161 e.